The molecule has 0 heterocycles. The van der Waals surface area contributed by atoms with Crippen LogP contribution in [-0.4, -0.2) is 33.9 Å². The number of nitrogens with zero attached hydrogens (tertiary/aromatic N) is 1. The molecule has 9 nitrogen and oxygen atoms in total. The first kappa shape index (κ1) is 29.2. The maximum Gasteiger partial charge on any atom is 0.271 e. The Hall–Kier alpha value is -4.38. The standard InChI is InChI=1S/C28H30FN5O4S/c1-3-18(2)25(33-28(39)31-22-13-8-14-23(17-22)34(37)38)27(36)32-24(15-19-9-5-4-6-10-19)26(35)30-21-12-7-11-20(29)16-21/h4-14,16-18,24-25H,3,15H2,1-2H3,(H,30,35)(H,32,36)(H2,31,33,39)/t18-,24+,25-/m0/s1. The van der Waals surface area contributed by atoms with E-state index in [1.807, 2.05) is 44.2 Å². The van der Waals surface area contributed by atoms with Gasteiger partial charge in [0.25, 0.3) is 5.69 Å². The second-order valence-electron chi connectivity index (χ2n) is 9.02. The lowest BCUT2D eigenvalue weighted by Gasteiger charge is -2.27. The van der Waals surface area contributed by atoms with Gasteiger partial charge in [0.05, 0.1) is 4.92 Å². The maximum atomic E-state index is 13.7. The van der Waals surface area contributed by atoms with Gasteiger partial charge in [0.2, 0.25) is 11.8 Å². The van der Waals surface area contributed by atoms with Gasteiger partial charge in [-0.1, -0.05) is 62.7 Å². The number of carbonyl (C=O) groups excluding carboxylic acids is 2. The minimum atomic E-state index is -0.963. The van der Waals surface area contributed by atoms with Gasteiger partial charge in [-0.2, -0.15) is 0 Å². The molecule has 0 bridgehead atoms. The van der Waals surface area contributed by atoms with Crippen LogP contribution in [0.25, 0.3) is 0 Å². The number of benzene rings is 3. The van der Waals surface area contributed by atoms with E-state index >= 15 is 0 Å². The van der Waals surface area contributed by atoms with E-state index in [9.17, 15) is 24.1 Å². The van der Waals surface area contributed by atoms with E-state index < -0.39 is 34.6 Å². The lowest BCUT2D eigenvalue weighted by molar-refractivity contribution is -0.384. The molecule has 4 N–H and O–H groups in total. The molecule has 0 unspecified atom stereocenters. The Labute approximate surface area is 231 Å². The number of hydrogen-bond donors (Lipinski definition) is 4. The molecule has 0 aromatic heterocycles. The van der Waals surface area contributed by atoms with Gasteiger partial charge >= 0.3 is 0 Å². The third-order valence-electron chi connectivity index (χ3n) is 6.10. The number of nitro benzene ring substituents is 1. The Morgan fingerprint density at radius 1 is 0.923 bits per heavy atom. The zero-order valence-electron chi connectivity index (χ0n) is 21.5. The van der Waals surface area contributed by atoms with Crippen molar-refractivity contribution in [3.63, 3.8) is 0 Å². The second kappa shape index (κ2) is 14.0. The number of rotatable bonds is 11. The highest BCUT2D eigenvalue weighted by molar-refractivity contribution is 7.80. The van der Waals surface area contributed by atoms with E-state index in [0.717, 1.165) is 5.56 Å². The molecule has 0 aliphatic rings. The van der Waals surface area contributed by atoms with Gasteiger partial charge in [-0.05, 0) is 48.0 Å². The summed E-state index contributed by atoms with van der Waals surface area (Å²) >= 11 is 5.39. The first-order valence-corrected chi connectivity index (χ1v) is 12.8. The number of halogens is 1. The molecule has 0 spiro atoms. The Balaban J connectivity index is 1.77. The van der Waals surface area contributed by atoms with E-state index in [1.165, 1.54) is 36.4 Å². The fourth-order valence-electron chi connectivity index (χ4n) is 3.82. The molecule has 0 aliphatic heterocycles. The molecule has 0 fully saturated rings. The molecule has 204 valence electrons. The van der Waals surface area contributed by atoms with Gasteiger partial charge in [0.1, 0.15) is 17.9 Å². The highest BCUT2D eigenvalue weighted by Crippen LogP contribution is 2.18. The van der Waals surface area contributed by atoms with Crippen molar-refractivity contribution in [2.24, 2.45) is 5.92 Å². The summed E-state index contributed by atoms with van der Waals surface area (Å²) in [6.07, 6.45) is 0.834. The van der Waals surface area contributed by atoms with Gasteiger partial charge in [-0.15, -0.1) is 0 Å². The number of amides is 2. The number of nitro groups is 1. The Morgan fingerprint density at radius 3 is 2.23 bits per heavy atom. The van der Waals surface area contributed by atoms with Gasteiger partial charge < -0.3 is 21.3 Å². The number of carbonyl (C=O) groups is 2. The van der Waals surface area contributed by atoms with Crippen molar-refractivity contribution < 1.29 is 18.9 Å². The van der Waals surface area contributed by atoms with Crippen LogP contribution in [0.2, 0.25) is 0 Å². The number of nitrogens with one attached hydrogen (secondary N) is 4. The second-order valence-corrected chi connectivity index (χ2v) is 9.43. The fraction of sp³-hybridized carbons (Fsp3) is 0.250. The van der Waals surface area contributed by atoms with Crippen molar-refractivity contribution in [2.45, 2.75) is 38.8 Å². The van der Waals surface area contributed by atoms with Crippen LogP contribution < -0.4 is 21.3 Å². The van der Waals surface area contributed by atoms with Crippen LogP contribution in [-0.2, 0) is 16.0 Å². The summed E-state index contributed by atoms with van der Waals surface area (Å²) in [7, 11) is 0. The normalized spacial score (nSPS) is 12.9. The smallest absolute Gasteiger partial charge is 0.271 e. The van der Waals surface area contributed by atoms with Crippen LogP contribution in [0.3, 0.4) is 0 Å². The van der Waals surface area contributed by atoms with Crippen molar-refractivity contribution in [1.82, 2.24) is 10.6 Å². The van der Waals surface area contributed by atoms with Crippen LogP contribution in [0.4, 0.5) is 21.5 Å². The molecule has 3 atom stereocenters. The summed E-state index contributed by atoms with van der Waals surface area (Å²) in [5.41, 5.74) is 1.38. The van der Waals surface area contributed by atoms with Crippen molar-refractivity contribution in [3.8, 4) is 0 Å². The first-order chi connectivity index (χ1) is 18.7. The monoisotopic (exact) mass is 551 g/mol. The third-order valence-corrected chi connectivity index (χ3v) is 6.32. The zero-order valence-corrected chi connectivity index (χ0v) is 22.3. The van der Waals surface area contributed by atoms with Crippen molar-refractivity contribution >= 4 is 46.2 Å². The lowest BCUT2D eigenvalue weighted by atomic mass is 9.97. The molecule has 0 radical (unpaired) electrons. The van der Waals surface area contributed by atoms with Gasteiger partial charge in [-0.3, -0.25) is 19.7 Å². The number of anilines is 2. The van der Waals surface area contributed by atoms with E-state index in [2.05, 4.69) is 21.3 Å². The Morgan fingerprint density at radius 2 is 1.59 bits per heavy atom. The van der Waals surface area contributed by atoms with Gasteiger partial charge in [-0.25, -0.2) is 4.39 Å². The predicted octanol–water partition coefficient (Wildman–Crippen LogP) is 4.80. The number of non-ortho nitro benzene ring substituents is 1. The highest BCUT2D eigenvalue weighted by Gasteiger charge is 2.29. The van der Waals surface area contributed by atoms with Crippen LogP contribution in [0.15, 0.2) is 78.9 Å². The molecule has 0 saturated heterocycles. The van der Waals surface area contributed by atoms with Crippen molar-refractivity contribution in [2.75, 3.05) is 10.6 Å². The van der Waals surface area contributed by atoms with E-state index in [0.29, 0.717) is 12.1 Å². The zero-order chi connectivity index (χ0) is 28.4. The largest absolute Gasteiger partial charge is 0.350 e. The van der Waals surface area contributed by atoms with E-state index in [-0.39, 0.29) is 28.8 Å². The molecule has 11 heteroatoms. The van der Waals surface area contributed by atoms with Crippen molar-refractivity contribution in [3.05, 3.63) is 100 Å². The Bertz CT molecular complexity index is 1320. The highest BCUT2D eigenvalue weighted by atomic mass is 32.1. The SMILES string of the molecule is CC[C@H](C)[C@H](NC(=S)Nc1cccc([N+](=O)[O-])c1)C(=O)N[C@H](Cc1ccccc1)C(=O)Nc1cccc(F)c1. The molecule has 2 amide bonds. The number of hydrogen-bond acceptors (Lipinski definition) is 5. The predicted molar refractivity (Wildman–Crippen MR) is 153 cm³/mol. The summed E-state index contributed by atoms with van der Waals surface area (Å²) in [4.78, 5) is 37.3. The van der Waals surface area contributed by atoms with Crippen LogP contribution in [0, 0.1) is 21.8 Å². The first-order valence-electron chi connectivity index (χ1n) is 12.4. The van der Waals surface area contributed by atoms with E-state index in [1.54, 1.807) is 12.1 Å². The van der Waals surface area contributed by atoms with Crippen LogP contribution in [0.5, 0.6) is 0 Å². The summed E-state index contributed by atoms with van der Waals surface area (Å²) in [6, 6.07) is 18.8. The molecule has 3 aromatic rings. The van der Waals surface area contributed by atoms with Crippen LogP contribution in [0.1, 0.15) is 25.8 Å². The molecule has 39 heavy (non-hydrogen) atoms. The van der Waals surface area contributed by atoms with Gasteiger partial charge in [0, 0.05) is 29.9 Å². The minimum absolute atomic E-state index is 0.0970. The molecule has 0 saturated carbocycles. The summed E-state index contributed by atoms with van der Waals surface area (Å²) in [5.74, 6) is -1.64. The molecule has 3 aromatic carbocycles. The lowest BCUT2D eigenvalue weighted by Crippen LogP contribution is -2.56. The fourth-order valence-corrected chi connectivity index (χ4v) is 4.07. The van der Waals surface area contributed by atoms with Crippen LogP contribution >= 0.6 is 12.2 Å². The number of thiocarbonyl (C=S) groups is 1. The average molecular weight is 552 g/mol. The average Bonchev–Trinajstić information content (AvgIpc) is 2.91. The van der Waals surface area contributed by atoms with Crippen molar-refractivity contribution in [1.29, 1.82) is 0 Å². The summed E-state index contributed by atoms with van der Waals surface area (Å²) in [5, 5.41) is 22.5. The summed E-state index contributed by atoms with van der Waals surface area (Å²) < 4.78 is 13.7. The molecule has 0 aliphatic carbocycles. The van der Waals surface area contributed by atoms with E-state index in [4.69, 9.17) is 12.2 Å². The molecular weight excluding hydrogens is 521 g/mol. The topological polar surface area (TPSA) is 125 Å². The Kier molecular flexibility index (Phi) is 10.4. The quantitative estimate of drug-likeness (QED) is 0.153. The maximum absolute atomic E-state index is 13.7. The molecular formula is C28H30FN5O4S. The van der Waals surface area contributed by atoms with Gasteiger partial charge in [0.15, 0.2) is 5.11 Å². The molecule has 3 rings (SSSR count). The minimum Gasteiger partial charge on any atom is -0.350 e. The third kappa shape index (κ3) is 8.85. The summed E-state index contributed by atoms with van der Waals surface area (Å²) in [6.45, 7) is 3.79.